The van der Waals surface area contributed by atoms with Crippen molar-refractivity contribution in [2.45, 2.75) is 51.3 Å². The van der Waals surface area contributed by atoms with Crippen molar-refractivity contribution in [1.29, 1.82) is 0 Å². The van der Waals surface area contributed by atoms with Crippen molar-refractivity contribution in [3.05, 3.63) is 108 Å². The standard InChI is InChI=1S/C28H30O6/c1-21(29)33-27-26(31-18-23-13-7-3-8-14-23)25(20-30-17-22-11-5-2-6-12-22)34-28(27)32-19-24-15-9-4-10-16-24/h2-16,25-28H,17-20H2,1H3/t25-,26?,27+,28+/m1/s1. The maximum atomic E-state index is 11.9. The summed E-state index contributed by atoms with van der Waals surface area (Å²) in [5, 5.41) is 0. The number of hydrogen-bond acceptors (Lipinski definition) is 6. The number of rotatable bonds is 11. The maximum Gasteiger partial charge on any atom is 0.303 e. The first-order valence-electron chi connectivity index (χ1n) is 11.4. The van der Waals surface area contributed by atoms with Crippen molar-refractivity contribution in [3.8, 4) is 0 Å². The molecule has 178 valence electrons. The predicted octanol–water partition coefficient (Wildman–Crippen LogP) is 4.66. The molecule has 0 bridgehead atoms. The zero-order valence-corrected chi connectivity index (χ0v) is 19.2. The quantitative estimate of drug-likeness (QED) is 0.386. The first kappa shape index (κ1) is 24.1. The average molecular weight is 463 g/mol. The van der Waals surface area contributed by atoms with Crippen LogP contribution in [0.4, 0.5) is 0 Å². The van der Waals surface area contributed by atoms with E-state index in [0.717, 1.165) is 16.7 Å². The lowest BCUT2D eigenvalue weighted by atomic mass is 10.1. The molecule has 3 aromatic carbocycles. The molecule has 0 aliphatic carbocycles. The van der Waals surface area contributed by atoms with Gasteiger partial charge in [-0.05, 0) is 16.7 Å². The molecule has 34 heavy (non-hydrogen) atoms. The molecule has 1 unspecified atom stereocenters. The molecule has 0 amide bonds. The van der Waals surface area contributed by atoms with Crippen molar-refractivity contribution < 1.29 is 28.5 Å². The summed E-state index contributed by atoms with van der Waals surface area (Å²) in [6.45, 7) is 2.78. The number of esters is 1. The van der Waals surface area contributed by atoms with Crippen LogP contribution in [0.3, 0.4) is 0 Å². The van der Waals surface area contributed by atoms with Gasteiger partial charge in [-0.2, -0.15) is 0 Å². The van der Waals surface area contributed by atoms with Crippen molar-refractivity contribution >= 4 is 5.97 Å². The van der Waals surface area contributed by atoms with E-state index in [1.165, 1.54) is 6.92 Å². The lowest BCUT2D eigenvalue weighted by molar-refractivity contribution is -0.193. The molecule has 1 heterocycles. The van der Waals surface area contributed by atoms with Gasteiger partial charge in [-0.1, -0.05) is 91.0 Å². The molecule has 1 aliphatic heterocycles. The molecule has 0 spiro atoms. The summed E-state index contributed by atoms with van der Waals surface area (Å²) in [7, 11) is 0. The minimum atomic E-state index is -0.768. The van der Waals surface area contributed by atoms with E-state index in [1.54, 1.807) is 0 Å². The Hall–Kier alpha value is -3.03. The van der Waals surface area contributed by atoms with Crippen molar-refractivity contribution in [2.24, 2.45) is 0 Å². The second kappa shape index (κ2) is 12.4. The Morgan fingerprint density at radius 1 is 0.706 bits per heavy atom. The van der Waals surface area contributed by atoms with Crippen LogP contribution in [0.1, 0.15) is 23.6 Å². The van der Waals surface area contributed by atoms with Crippen LogP contribution >= 0.6 is 0 Å². The fourth-order valence-electron chi connectivity index (χ4n) is 3.86. The van der Waals surface area contributed by atoms with Crippen molar-refractivity contribution in [2.75, 3.05) is 6.61 Å². The van der Waals surface area contributed by atoms with Gasteiger partial charge < -0.3 is 23.7 Å². The maximum absolute atomic E-state index is 11.9. The first-order chi connectivity index (χ1) is 16.7. The number of benzene rings is 3. The van der Waals surface area contributed by atoms with E-state index in [9.17, 15) is 4.79 Å². The van der Waals surface area contributed by atoms with E-state index >= 15 is 0 Å². The zero-order chi connectivity index (χ0) is 23.6. The largest absolute Gasteiger partial charge is 0.454 e. The van der Waals surface area contributed by atoms with Gasteiger partial charge in [-0.15, -0.1) is 0 Å². The normalized spacial score (nSPS) is 21.9. The van der Waals surface area contributed by atoms with Gasteiger partial charge in [0.1, 0.15) is 12.2 Å². The Morgan fingerprint density at radius 3 is 1.74 bits per heavy atom. The topological polar surface area (TPSA) is 63.2 Å². The molecule has 0 radical (unpaired) electrons. The summed E-state index contributed by atoms with van der Waals surface area (Å²) in [6.07, 6.45) is -2.48. The molecular weight excluding hydrogens is 432 g/mol. The van der Waals surface area contributed by atoms with Gasteiger partial charge in [-0.25, -0.2) is 0 Å². The first-order valence-corrected chi connectivity index (χ1v) is 11.4. The lowest BCUT2D eigenvalue weighted by Crippen LogP contribution is -2.40. The Balaban J connectivity index is 1.45. The monoisotopic (exact) mass is 462 g/mol. The predicted molar refractivity (Wildman–Crippen MR) is 127 cm³/mol. The lowest BCUT2D eigenvalue weighted by Gasteiger charge is -2.24. The summed E-state index contributed by atoms with van der Waals surface area (Å²) in [6, 6.07) is 29.6. The molecule has 4 atom stereocenters. The average Bonchev–Trinajstić information content (AvgIpc) is 3.18. The fourth-order valence-corrected chi connectivity index (χ4v) is 3.86. The highest BCUT2D eigenvalue weighted by molar-refractivity contribution is 5.66. The van der Waals surface area contributed by atoms with Gasteiger partial charge in [-0.3, -0.25) is 4.79 Å². The Labute approximate surface area is 200 Å². The second-order valence-corrected chi connectivity index (χ2v) is 8.18. The van der Waals surface area contributed by atoms with Crippen molar-refractivity contribution in [1.82, 2.24) is 0 Å². The molecule has 3 aromatic rings. The second-order valence-electron chi connectivity index (χ2n) is 8.18. The number of ether oxygens (including phenoxy) is 5. The van der Waals surface area contributed by atoms with Crippen LogP contribution in [0, 0.1) is 0 Å². The zero-order valence-electron chi connectivity index (χ0n) is 19.2. The van der Waals surface area contributed by atoms with Gasteiger partial charge >= 0.3 is 5.97 Å². The highest BCUT2D eigenvalue weighted by atomic mass is 16.7. The molecule has 4 rings (SSSR count). The summed E-state index contributed by atoms with van der Waals surface area (Å²) in [4.78, 5) is 11.9. The van der Waals surface area contributed by atoms with Gasteiger partial charge in [0.25, 0.3) is 0 Å². The molecule has 6 nitrogen and oxygen atoms in total. The molecule has 0 N–H and O–H groups in total. The number of carbonyl (C=O) groups is 1. The highest BCUT2D eigenvalue weighted by Crippen LogP contribution is 2.30. The van der Waals surface area contributed by atoms with Gasteiger partial charge in [0.2, 0.25) is 0 Å². The fraction of sp³-hybridized carbons (Fsp3) is 0.321. The summed E-state index contributed by atoms with van der Waals surface area (Å²) in [5.74, 6) is -0.416. The van der Waals surface area contributed by atoms with Crippen LogP contribution in [-0.4, -0.2) is 37.2 Å². The molecule has 1 fully saturated rings. The minimum absolute atomic E-state index is 0.275. The summed E-state index contributed by atoms with van der Waals surface area (Å²) >= 11 is 0. The third-order valence-electron chi connectivity index (χ3n) is 5.51. The van der Waals surface area contributed by atoms with E-state index in [4.69, 9.17) is 23.7 Å². The van der Waals surface area contributed by atoms with Crippen molar-refractivity contribution in [3.63, 3.8) is 0 Å². The van der Waals surface area contributed by atoms with E-state index in [0.29, 0.717) is 19.8 Å². The van der Waals surface area contributed by atoms with Crippen LogP contribution in [0.5, 0.6) is 0 Å². The van der Waals surface area contributed by atoms with E-state index in [-0.39, 0.29) is 6.61 Å². The van der Waals surface area contributed by atoms with Crippen LogP contribution in [0.15, 0.2) is 91.0 Å². The molecule has 6 heteroatoms. The third kappa shape index (κ3) is 6.98. The van der Waals surface area contributed by atoms with E-state index < -0.39 is 30.6 Å². The molecule has 1 aliphatic rings. The molecular formula is C28H30O6. The van der Waals surface area contributed by atoms with Crippen LogP contribution in [0.2, 0.25) is 0 Å². The Bertz CT molecular complexity index is 995. The Kier molecular flexibility index (Phi) is 8.82. The van der Waals surface area contributed by atoms with E-state index in [2.05, 4.69) is 0 Å². The third-order valence-corrected chi connectivity index (χ3v) is 5.51. The number of hydrogen-bond donors (Lipinski definition) is 0. The molecule has 0 saturated carbocycles. The minimum Gasteiger partial charge on any atom is -0.454 e. The van der Waals surface area contributed by atoms with E-state index in [1.807, 2.05) is 91.0 Å². The van der Waals surface area contributed by atoms with Gasteiger partial charge in [0.05, 0.1) is 26.4 Å². The van der Waals surface area contributed by atoms with Gasteiger partial charge in [0, 0.05) is 6.92 Å². The van der Waals surface area contributed by atoms with Crippen LogP contribution < -0.4 is 0 Å². The smallest absolute Gasteiger partial charge is 0.303 e. The molecule has 0 aromatic heterocycles. The SMILES string of the molecule is CC(=O)O[C@H]1C(OCc2ccccc2)[C@@H](COCc2ccccc2)O[C@@H]1OCc1ccccc1. The molecule has 1 saturated heterocycles. The van der Waals surface area contributed by atoms with Gasteiger partial charge in [0.15, 0.2) is 12.4 Å². The summed E-state index contributed by atoms with van der Waals surface area (Å²) < 4.78 is 30.1. The van der Waals surface area contributed by atoms with Crippen LogP contribution in [-0.2, 0) is 48.3 Å². The highest BCUT2D eigenvalue weighted by Gasteiger charge is 2.48. The Morgan fingerprint density at radius 2 is 1.21 bits per heavy atom. The number of carbonyl (C=O) groups excluding carboxylic acids is 1. The summed E-state index contributed by atoms with van der Waals surface area (Å²) in [5.41, 5.74) is 3.08. The van der Waals surface area contributed by atoms with Crippen LogP contribution in [0.25, 0.3) is 0 Å².